The van der Waals surface area contributed by atoms with Crippen LogP contribution in [0.15, 0.2) is 12.3 Å². The van der Waals surface area contributed by atoms with Crippen LogP contribution in [0.5, 0.6) is 0 Å². The molecule has 0 bridgehead atoms. The predicted octanol–water partition coefficient (Wildman–Crippen LogP) is -0.216. The van der Waals surface area contributed by atoms with Gasteiger partial charge in [0.05, 0.1) is 0 Å². The molecule has 1 aromatic rings. The zero-order chi connectivity index (χ0) is 13.2. The number of carboxylic acid groups (broad SMARTS) is 1. The average molecular weight is 253 g/mol. The van der Waals surface area contributed by atoms with E-state index in [1.54, 1.807) is 13.1 Å². The van der Waals surface area contributed by atoms with Gasteiger partial charge >= 0.3 is 5.97 Å². The summed E-state index contributed by atoms with van der Waals surface area (Å²) in [6.45, 7) is 0.663. The smallest absolute Gasteiger partial charge is 0.329 e. The van der Waals surface area contributed by atoms with Crippen LogP contribution in [0.25, 0.3) is 0 Å². The van der Waals surface area contributed by atoms with Crippen molar-refractivity contribution in [2.24, 2.45) is 7.05 Å². The number of nitrogens with one attached hydrogen (secondary N) is 1. The lowest BCUT2D eigenvalue weighted by atomic mass is 9.90. The first kappa shape index (κ1) is 12.6. The monoisotopic (exact) mass is 253 g/mol. The molecule has 7 heteroatoms. The molecule has 1 fully saturated rings. The van der Waals surface area contributed by atoms with Gasteiger partial charge in [0.25, 0.3) is 5.91 Å². The van der Waals surface area contributed by atoms with E-state index in [0.29, 0.717) is 18.9 Å². The molecule has 98 valence electrons. The van der Waals surface area contributed by atoms with Crippen LogP contribution < -0.4 is 5.32 Å². The number of aromatic nitrogens is 2. The van der Waals surface area contributed by atoms with Crippen LogP contribution in [0.1, 0.15) is 23.3 Å². The van der Waals surface area contributed by atoms with E-state index in [0.717, 1.165) is 0 Å². The SMILES string of the molecule is Cn1nccc1C(=O)NC1(C(=O)O)CCOCC1. The summed E-state index contributed by atoms with van der Waals surface area (Å²) in [5.74, 6) is -1.46. The Labute approximate surface area is 104 Å². The van der Waals surface area contributed by atoms with Crippen LogP contribution >= 0.6 is 0 Å². The molecule has 2 heterocycles. The highest BCUT2D eigenvalue weighted by molar-refractivity contribution is 5.96. The van der Waals surface area contributed by atoms with Crippen molar-refractivity contribution in [3.8, 4) is 0 Å². The minimum Gasteiger partial charge on any atom is -0.480 e. The van der Waals surface area contributed by atoms with E-state index in [-0.39, 0.29) is 12.8 Å². The van der Waals surface area contributed by atoms with Gasteiger partial charge < -0.3 is 15.2 Å². The zero-order valence-corrected chi connectivity index (χ0v) is 10.0. The van der Waals surface area contributed by atoms with Gasteiger partial charge in [-0.3, -0.25) is 9.48 Å². The molecule has 0 atom stereocenters. The molecule has 1 saturated heterocycles. The third-order valence-electron chi connectivity index (χ3n) is 3.16. The van der Waals surface area contributed by atoms with Crippen molar-refractivity contribution in [3.05, 3.63) is 18.0 Å². The standard InChI is InChI=1S/C11H15N3O4/c1-14-8(2-5-12-14)9(15)13-11(10(16)17)3-6-18-7-4-11/h2,5H,3-4,6-7H2,1H3,(H,13,15)(H,16,17). The lowest BCUT2D eigenvalue weighted by Crippen LogP contribution is -2.57. The van der Waals surface area contributed by atoms with E-state index in [4.69, 9.17) is 4.74 Å². The summed E-state index contributed by atoms with van der Waals surface area (Å²) in [7, 11) is 1.63. The first-order chi connectivity index (χ1) is 8.55. The van der Waals surface area contributed by atoms with Gasteiger partial charge in [-0.15, -0.1) is 0 Å². The van der Waals surface area contributed by atoms with Gasteiger partial charge in [0.2, 0.25) is 0 Å². The molecule has 18 heavy (non-hydrogen) atoms. The molecule has 2 N–H and O–H groups in total. The van der Waals surface area contributed by atoms with E-state index < -0.39 is 17.4 Å². The Morgan fingerprint density at radius 3 is 2.67 bits per heavy atom. The second kappa shape index (κ2) is 4.77. The maximum atomic E-state index is 12.0. The zero-order valence-electron chi connectivity index (χ0n) is 10.0. The number of hydrogen-bond acceptors (Lipinski definition) is 4. The van der Waals surface area contributed by atoms with Crippen LogP contribution in [-0.4, -0.2) is 45.5 Å². The molecule has 7 nitrogen and oxygen atoms in total. The summed E-state index contributed by atoms with van der Waals surface area (Å²) in [6, 6.07) is 1.55. The Balaban J connectivity index is 2.17. The molecule has 0 unspecified atom stereocenters. The van der Waals surface area contributed by atoms with Gasteiger partial charge in [0.1, 0.15) is 11.2 Å². The minimum atomic E-state index is -1.24. The first-order valence-electron chi connectivity index (χ1n) is 5.67. The quantitative estimate of drug-likeness (QED) is 0.777. The normalized spacial score (nSPS) is 18.3. The summed E-state index contributed by atoms with van der Waals surface area (Å²) < 4.78 is 6.55. The second-order valence-electron chi connectivity index (χ2n) is 4.29. The van der Waals surface area contributed by atoms with Crippen molar-refractivity contribution < 1.29 is 19.4 Å². The third-order valence-corrected chi connectivity index (χ3v) is 3.16. The molecular formula is C11H15N3O4. The van der Waals surface area contributed by atoms with Crippen LogP contribution in [0.3, 0.4) is 0 Å². The van der Waals surface area contributed by atoms with E-state index in [1.807, 2.05) is 0 Å². The van der Waals surface area contributed by atoms with Gasteiger partial charge in [0.15, 0.2) is 0 Å². The number of carboxylic acids is 1. The van der Waals surface area contributed by atoms with E-state index in [2.05, 4.69) is 10.4 Å². The number of carbonyl (C=O) groups excluding carboxylic acids is 1. The van der Waals surface area contributed by atoms with Crippen LogP contribution in [0.4, 0.5) is 0 Å². The van der Waals surface area contributed by atoms with Crippen molar-refractivity contribution in [3.63, 3.8) is 0 Å². The molecular weight excluding hydrogens is 238 g/mol. The highest BCUT2D eigenvalue weighted by Gasteiger charge is 2.42. The fourth-order valence-electron chi connectivity index (χ4n) is 1.99. The number of rotatable bonds is 3. The molecule has 0 aliphatic carbocycles. The number of nitrogens with zero attached hydrogens (tertiary/aromatic N) is 2. The Morgan fingerprint density at radius 2 is 2.17 bits per heavy atom. The molecule has 1 aliphatic heterocycles. The summed E-state index contributed by atoms with van der Waals surface area (Å²) in [6.07, 6.45) is 2.03. The van der Waals surface area contributed by atoms with Gasteiger partial charge in [0, 0.05) is 39.3 Å². The highest BCUT2D eigenvalue weighted by atomic mass is 16.5. The third kappa shape index (κ3) is 2.21. The minimum absolute atomic E-state index is 0.270. The van der Waals surface area contributed by atoms with Crippen LogP contribution in [0.2, 0.25) is 0 Å². The number of aliphatic carboxylic acids is 1. The molecule has 1 aromatic heterocycles. The summed E-state index contributed by atoms with van der Waals surface area (Å²) in [4.78, 5) is 23.4. The Morgan fingerprint density at radius 1 is 1.50 bits per heavy atom. The van der Waals surface area contributed by atoms with Gasteiger partial charge in [-0.1, -0.05) is 0 Å². The van der Waals surface area contributed by atoms with Crippen molar-refractivity contribution >= 4 is 11.9 Å². The molecule has 0 aromatic carbocycles. The summed E-state index contributed by atoms with van der Waals surface area (Å²) >= 11 is 0. The molecule has 0 radical (unpaired) electrons. The number of hydrogen-bond donors (Lipinski definition) is 2. The maximum absolute atomic E-state index is 12.0. The van der Waals surface area contributed by atoms with Crippen LogP contribution in [-0.2, 0) is 16.6 Å². The predicted molar refractivity (Wildman–Crippen MR) is 61.1 cm³/mol. The second-order valence-corrected chi connectivity index (χ2v) is 4.29. The number of carbonyl (C=O) groups is 2. The lowest BCUT2D eigenvalue weighted by molar-refractivity contribution is -0.148. The van der Waals surface area contributed by atoms with Gasteiger partial charge in [-0.25, -0.2) is 4.79 Å². The Bertz CT molecular complexity index is 463. The van der Waals surface area contributed by atoms with Crippen molar-refractivity contribution in [1.29, 1.82) is 0 Å². The number of amides is 1. The van der Waals surface area contributed by atoms with E-state index in [9.17, 15) is 14.7 Å². The topological polar surface area (TPSA) is 93.5 Å². The van der Waals surface area contributed by atoms with E-state index >= 15 is 0 Å². The molecule has 1 aliphatic rings. The average Bonchev–Trinajstić information content (AvgIpc) is 2.76. The summed E-state index contributed by atoms with van der Waals surface area (Å²) in [5.41, 5.74) is -0.901. The fourth-order valence-corrected chi connectivity index (χ4v) is 1.99. The largest absolute Gasteiger partial charge is 0.480 e. The Kier molecular flexibility index (Phi) is 3.33. The number of ether oxygens (including phenoxy) is 1. The lowest BCUT2D eigenvalue weighted by Gasteiger charge is -2.33. The fraction of sp³-hybridized carbons (Fsp3) is 0.545. The molecule has 0 saturated carbocycles. The van der Waals surface area contributed by atoms with E-state index in [1.165, 1.54) is 10.9 Å². The number of aryl methyl sites for hydroxylation is 1. The highest BCUT2D eigenvalue weighted by Crippen LogP contribution is 2.21. The molecule has 0 spiro atoms. The molecule has 2 rings (SSSR count). The summed E-state index contributed by atoms with van der Waals surface area (Å²) in [5, 5.41) is 15.8. The first-order valence-corrected chi connectivity index (χ1v) is 5.67. The Hall–Kier alpha value is -1.89. The maximum Gasteiger partial charge on any atom is 0.329 e. The molecule has 1 amide bonds. The van der Waals surface area contributed by atoms with Crippen LogP contribution in [0, 0.1) is 0 Å². The van der Waals surface area contributed by atoms with Crippen molar-refractivity contribution in [2.45, 2.75) is 18.4 Å². The van der Waals surface area contributed by atoms with Crippen molar-refractivity contribution in [1.82, 2.24) is 15.1 Å². The van der Waals surface area contributed by atoms with Gasteiger partial charge in [-0.2, -0.15) is 5.10 Å². The van der Waals surface area contributed by atoms with Crippen molar-refractivity contribution in [2.75, 3.05) is 13.2 Å². The van der Waals surface area contributed by atoms with Gasteiger partial charge in [-0.05, 0) is 6.07 Å².